The Bertz CT molecular complexity index is 329. The van der Waals surface area contributed by atoms with Crippen molar-refractivity contribution in [2.75, 3.05) is 19.3 Å². The van der Waals surface area contributed by atoms with Crippen LogP contribution in [0.25, 0.3) is 0 Å². The summed E-state index contributed by atoms with van der Waals surface area (Å²) >= 11 is 5.80. The van der Waals surface area contributed by atoms with E-state index in [-0.39, 0.29) is 0 Å². The van der Waals surface area contributed by atoms with Gasteiger partial charge < -0.3 is 11.1 Å². The molecule has 0 aliphatic carbocycles. The summed E-state index contributed by atoms with van der Waals surface area (Å²) in [7, 11) is 1.85. The predicted molar refractivity (Wildman–Crippen MR) is 56.7 cm³/mol. The van der Waals surface area contributed by atoms with E-state index in [9.17, 15) is 0 Å². The van der Waals surface area contributed by atoms with Gasteiger partial charge in [0, 0.05) is 16.3 Å². The summed E-state index contributed by atoms with van der Waals surface area (Å²) in [6.07, 6.45) is 0. The van der Waals surface area contributed by atoms with Crippen molar-refractivity contribution in [2.24, 2.45) is 0 Å². The Kier molecular flexibility index (Phi) is 3.63. The molecular weight excluding hydrogens is 184 g/mol. The van der Waals surface area contributed by atoms with Crippen LogP contribution in [0.3, 0.4) is 0 Å². The standard InChI is InChI=1S/C10H11ClN2/c1-13-4-2-3-8-5-9(11)7-10(12)6-8/h5-7,13H,4,12H2,1H3. The van der Waals surface area contributed by atoms with Gasteiger partial charge in [-0.15, -0.1) is 0 Å². The number of rotatable bonds is 1. The first-order valence-electron chi connectivity index (χ1n) is 3.92. The van der Waals surface area contributed by atoms with Crippen LogP contribution in [0.2, 0.25) is 5.02 Å². The van der Waals surface area contributed by atoms with E-state index in [1.165, 1.54) is 0 Å². The molecule has 0 aliphatic heterocycles. The van der Waals surface area contributed by atoms with Gasteiger partial charge in [-0.1, -0.05) is 23.4 Å². The van der Waals surface area contributed by atoms with Gasteiger partial charge in [-0.05, 0) is 25.2 Å². The average molecular weight is 195 g/mol. The molecule has 0 spiro atoms. The van der Waals surface area contributed by atoms with E-state index in [1.54, 1.807) is 18.2 Å². The number of nitrogen functional groups attached to an aromatic ring is 1. The molecule has 0 fully saturated rings. The SMILES string of the molecule is CNCC#Cc1cc(N)cc(Cl)c1. The van der Waals surface area contributed by atoms with Crippen LogP contribution in [0.4, 0.5) is 5.69 Å². The molecule has 0 heterocycles. The van der Waals surface area contributed by atoms with Crippen LogP contribution in [0.15, 0.2) is 18.2 Å². The Morgan fingerprint density at radius 2 is 2.23 bits per heavy atom. The number of hydrogen-bond acceptors (Lipinski definition) is 2. The van der Waals surface area contributed by atoms with Crippen LogP contribution in [0.1, 0.15) is 5.56 Å². The molecule has 0 unspecified atom stereocenters. The normalized spacial score (nSPS) is 9.08. The molecule has 0 aromatic heterocycles. The molecule has 0 saturated heterocycles. The Morgan fingerprint density at radius 1 is 1.46 bits per heavy atom. The van der Waals surface area contributed by atoms with Gasteiger partial charge in [0.05, 0.1) is 6.54 Å². The number of halogens is 1. The summed E-state index contributed by atoms with van der Waals surface area (Å²) < 4.78 is 0. The Hall–Kier alpha value is -1.17. The van der Waals surface area contributed by atoms with Crippen molar-refractivity contribution in [3.63, 3.8) is 0 Å². The number of anilines is 1. The summed E-state index contributed by atoms with van der Waals surface area (Å²) in [4.78, 5) is 0. The van der Waals surface area contributed by atoms with E-state index in [4.69, 9.17) is 17.3 Å². The first-order valence-corrected chi connectivity index (χ1v) is 4.29. The summed E-state index contributed by atoms with van der Waals surface area (Å²) in [5, 5.41) is 3.55. The Morgan fingerprint density at radius 3 is 2.85 bits per heavy atom. The van der Waals surface area contributed by atoms with Crippen molar-refractivity contribution in [1.29, 1.82) is 0 Å². The van der Waals surface area contributed by atoms with Gasteiger partial charge in [0.2, 0.25) is 0 Å². The van der Waals surface area contributed by atoms with Crippen LogP contribution in [-0.4, -0.2) is 13.6 Å². The third-order valence-electron chi connectivity index (χ3n) is 1.42. The molecule has 1 aromatic rings. The molecule has 3 heteroatoms. The summed E-state index contributed by atoms with van der Waals surface area (Å²) in [5.74, 6) is 5.88. The minimum atomic E-state index is 0.619. The van der Waals surface area contributed by atoms with Gasteiger partial charge in [-0.3, -0.25) is 0 Å². The smallest absolute Gasteiger partial charge is 0.0577 e. The highest BCUT2D eigenvalue weighted by atomic mass is 35.5. The van der Waals surface area contributed by atoms with Crippen LogP contribution in [-0.2, 0) is 0 Å². The highest BCUT2D eigenvalue weighted by Crippen LogP contribution is 2.15. The van der Waals surface area contributed by atoms with Gasteiger partial charge in [0.15, 0.2) is 0 Å². The quantitative estimate of drug-likeness (QED) is 0.525. The maximum Gasteiger partial charge on any atom is 0.0577 e. The molecule has 0 bridgehead atoms. The first-order chi connectivity index (χ1) is 6.22. The molecule has 1 aromatic carbocycles. The molecule has 3 N–H and O–H groups in total. The summed E-state index contributed by atoms with van der Waals surface area (Å²) in [6.45, 7) is 0.659. The molecule has 0 radical (unpaired) electrons. The number of nitrogens with one attached hydrogen (secondary N) is 1. The highest BCUT2D eigenvalue weighted by molar-refractivity contribution is 6.30. The summed E-state index contributed by atoms with van der Waals surface area (Å²) in [5.41, 5.74) is 7.08. The molecule has 2 nitrogen and oxygen atoms in total. The summed E-state index contributed by atoms with van der Waals surface area (Å²) in [6, 6.07) is 5.29. The van der Waals surface area contributed by atoms with Gasteiger partial charge >= 0.3 is 0 Å². The lowest BCUT2D eigenvalue weighted by atomic mass is 10.2. The van der Waals surface area contributed by atoms with E-state index < -0.39 is 0 Å². The second-order valence-electron chi connectivity index (χ2n) is 2.61. The van der Waals surface area contributed by atoms with Gasteiger partial charge in [0.25, 0.3) is 0 Å². The van der Waals surface area contributed by atoms with Crippen molar-refractivity contribution in [1.82, 2.24) is 5.32 Å². The average Bonchev–Trinajstić information content (AvgIpc) is 2.03. The molecule has 1 rings (SSSR count). The molecule has 0 amide bonds. The molecule has 0 atom stereocenters. The van der Waals surface area contributed by atoms with Crippen molar-refractivity contribution in [3.05, 3.63) is 28.8 Å². The first kappa shape index (κ1) is 9.91. The van der Waals surface area contributed by atoms with E-state index >= 15 is 0 Å². The fourth-order valence-corrected chi connectivity index (χ4v) is 1.16. The van der Waals surface area contributed by atoms with Gasteiger partial charge in [0.1, 0.15) is 0 Å². The lowest BCUT2D eigenvalue weighted by Gasteiger charge is -1.95. The number of benzene rings is 1. The highest BCUT2D eigenvalue weighted by Gasteiger charge is 1.92. The second kappa shape index (κ2) is 4.76. The van der Waals surface area contributed by atoms with Crippen molar-refractivity contribution in [2.45, 2.75) is 0 Å². The molecule has 13 heavy (non-hydrogen) atoms. The van der Waals surface area contributed by atoms with E-state index in [1.807, 2.05) is 7.05 Å². The zero-order chi connectivity index (χ0) is 9.68. The third kappa shape index (κ3) is 3.37. The topological polar surface area (TPSA) is 38.0 Å². The van der Waals surface area contributed by atoms with Crippen LogP contribution in [0.5, 0.6) is 0 Å². The van der Waals surface area contributed by atoms with Crippen LogP contribution in [0, 0.1) is 11.8 Å². The van der Waals surface area contributed by atoms with Crippen molar-refractivity contribution in [3.8, 4) is 11.8 Å². The van der Waals surface area contributed by atoms with Gasteiger partial charge in [-0.2, -0.15) is 0 Å². The fraction of sp³-hybridized carbons (Fsp3) is 0.200. The Labute approximate surface area is 83.1 Å². The molecule has 0 saturated carbocycles. The van der Waals surface area contributed by atoms with E-state index in [0.29, 0.717) is 17.3 Å². The number of hydrogen-bond donors (Lipinski definition) is 2. The zero-order valence-electron chi connectivity index (χ0n) is 7.39. The molecule has 68 valence electrons. The van der Waals surface area contributed by atoms with Crippen molar-refractivity contribution >= 4 is 17.3 Å². The lowest BCUT2D eigenvalue weighted by Crippen LogP contribution is -2.04. The predicted octanol–water partition coefficient (Wildman–Crippen LogP) is 1.49. The van der Waals surface area contributed by atoms with E-state index in [2.05, 4.69) is 17.2 Å². The third-order valence-corrected chi connectivity index (χ3v) is 1.64. The van der Waals surface area contributed by atoms with Crippen LogP contribution >= 0.6 is 11.6 Å². The molecule has 0 aliphatic rings. The zero-order valence-corrected chi connectivity index (χ0v) is 8.15. The molecular formula is C10H11ClN2. The Balaban J connectivity index is 2.85. The minimum Gasteiger partial charge on any atom is -0.399 e. The largest absolute Gasteiger partial charge is 0.399 e. The fourth-order valence-electron chi connectivity index (χ4n) is 0.919. The number of nitrogens with two attached hydrogens (primary N) is 1. The van der Waals surface area contributed by atoms with Gasteiger partial charge in [-0.25, -0.2) is 0 Å². The van der Waals surface area contributed by atoms with Crippen LogP contribution < -0.4 is 11.1 Å². The monoisotopic (exact) mass is 194 g/mol. The maximum atomic E-state index is 5.80. The second-order valence-corrected chi connectivity index (χ2v) is 3.04. The van der Waals surface area contributed by atoms with Crippen molar-refractivity contribution < 1.29 is 0 Å². The lowest BCUT2D eigenvalue weighted by molar-refractivity contribution is 0.938. The van der Waals surface area contributed by atoms with E-state index in [0.717, 1.165) is 5.56 Å². The minimum absolute atomic E-state index is 0.619. The maximum absolute atomic E-state index is 5.80.